The largest absolute Gasteiger partial charge is 0.323 e. The minimum atomic E-state index is -0.520. The van der Waals surface area contributed by atoms with Crippen molar-refractivity contribution in [1.29, 1.82) is 0 Å². The third-order valence-electron chi connectivity index (χ3n) is 4.22. The molecule has 5 nitrogen and oxygen atoms in total. The summed E-state index contributed by atoms with van der Waals surface area (Å²) >= 11 is 13.6. The molecule has 1 heterocycles. The number of para-hydroxylation sites is 1. The number of aromatic nitrogens is 3. The maximum absolute atomic E-state index is 13.8. The third kappa shape index (κ3) is 5.33. The van der Waals surface area contributed by atoms with E-state index >= 15 is 0 Å². The van der Waals surface area contributed by atoms with Gasteiger partial charge in [0.25, 0.3) is 0 Å². The number of carbonyl (C=O) groups is 1. The summed E-state index contributed by atoms with van der Waals surface area (Å²) in [5.74, 6) is 0.114. The summed E-state index contributed by atoms with van der Waals surface area (Å²) in [6, 6.07) is 11.3. The second-order valence-corrected chi connectivity index (χ2v) is 9.32. The molecule has 2 aromatic carbocycles. The molecule has 9 heteroatoms. The van der Waals surface area contributed by atoms with Gasteiger partial charge >= 0.3 is 0 Å². The van der Waals surface area contributed by atoms with Crippen LogP contribution < -0.4 is 5.32 Å². The number of nitrogens with one attached hydrogen (secondary N) is 1. The predicted molar refractivity (Wildman–Crippen MR) is 121 cm³/mol. The number of halogens is 3. The second-order valence-electron chi connectivity index (χ2n) is 7.16. The Morgan fingerprint density at radius 3 is 2.57 bits per heavy atom. The summed E-state index contributed by atoms with van der Waals surface area (Å²) in [7, 11) is 0. The van der Waals surface area contributed by atoms with E-state index in [9.17, 15) is 9.18 Å². The minimum Gasteiger partial charge on any atom is -0.323 e. The maximum Gasteiger partial charge on any atom is 0.237 e. The fourth-order valence-corrected chi connectivity index (χ4v) is 4.14. The lowest BCUT2D eigenvalue weighted by atomic mass is 10.2. The van der Waals surface area contributed by atoms with Crippen molar-refractivity contribution in [3.8, 4) is 11.4 Å². The van der Waals surface area contributed by atoms with E-state index in [0.717, 1.165) is 0 Å². The first kappa shape index (κ1) is 22.6. The van der Waals surface area contributed by atoms with E-state index in [2.05, 4.69) is 29.4 Å². The molecule has 3 rings (SSSR count). The van der Waals surface area contributed by atoms with Crippen LogP contribution >= 0.6 is 35.0 Å². The van der Waals surface area contributed by atoms with Gasteiger partial charge in [-0.1, -0.05) is 60.9 Å². The Morgan fingerprint density at radius 1 is 1.17 bits per heavy atom. The Hall–Kier alpha value is -2.09. The molecule has 0 aliphatic heterocycles. The summed E-state index contributed by atoms with van der Waals surface area (Å²) < 4.78 is 15.8. The van der Waals surface area contributed by atoms with Gasteiger partial charge in [-0.15, -0.1) is 10.2 Å². The molecule has 0 spiro atoms. The third-order valence-corrected chi connectivity index (χ3v) is 5.85. The van der Waals surface area contributed by atoms with Crippen LogP contribution in [0.25, 0.3) is 11.4 Å². The van der Waals surface area contributed by atoms with E-state index in [1.165, 1.54) is 23.9 Å². The Morgan fingerprint density at radius 2 is 1.90 bits per heavy atom. The number of thioether (sulfide) groups is 1. The van der Waals surface area contributed by atoms with Gasteiger partial charge in [-0.2, -0.15) is 0 Å². The Balaban J connectivity index is 1.85. The van der Waals surface area contributed by atoms with Crippen LogP contribution in [0.2, 0.25) is 10.0 Å². The molecule has 30 heavy (non-hydrogen) atoms. The lowest BCUT2D eigenvalue weighted by molar-refractivity contribution is -0.115. The molecule has 1 unspecified atom stereocenters. The van der Waals surface area contributed by atoms with E-state index in [4.69, 9.17) is 23.2 Å². The van der Waals surface area contributed by atoms with Gasteiger partial charge in [0.15, 0.2) is 11.0 Å². The van der Waals surface area contributed by atoms with E-state index in [0.29, 0.717) is 39.1 Å². The number of benzene rings is 2. The van der Waals surface area contributed by atoms with E-state index in [1.54, 1.807) is 37.3 Å². The van der Waals surface area contributed by atoms with Crippen LogP contribution in [0.3, 0.4) is 0 Å². The molecule has 0 fully saturated rings. The fourth-order valence-electron chi connectivity index (χ4n) is 2.78. The molecule has 1 aromatic heterocycles. The summed E-state index contributed by atoms with van der Waals surface area (Å²) in [4.78, 5) is 12.6. The quantitative estimate of drug-likeness (QED) is 0.423. The lowest BCUT2D eigenvalue weighted by Crippen LogP contribution is -2.23. The van der Waals surface area contributed by atoms with Gasteiger partial charge in [-0.3, -0.25) is 4.79 Å². The van der Waals surface area contributed by atoms with Gasteiger partial charge in [0.1, 0.15) is 5.82 Å². The highest BCUT2D eigenvalue weighted by atomic mass is 35.5. The van der Waals surface area contributed by atoms with Gasteiger partial charge in [-0.25, -0.2) is 4.39 Å². The molecule has 1 atom stereocenters. The SMILES string of the molecule is CC(C)Cn1c(SC(C)C(=O)Nc2ccccc2F)nnc1-c1ccc(Cl)cc1Cl. The van der Waals surface area contributed by atoms with Crippen LogP contribution in [0, 0.1) is 11.7 Å². The van der Waals surface area contributed by atoms with Crippen molar-refractivity contribution in [3.05, 3.63) is 58.3 Å². The average molecular weight is 467 g/mol. The number of amides is 1. The van der Waals surface area contributed by atoms with Crippen molar-refractivity contribution in [2.24, 2.45) is 5.92 Å². The van der Waals surface area contributed by atoms with E-state index in [1.807, 2.05) is 4.57 Å². The number of hydrogen-bond acceptors (Lipinski definition) is 4. The monoisotopic (exact) mass is 466 g/mol. The molecular weight excluding hydrogens is 446 g/mol. The number of carbonyl (C=O) groups excluding carboxylic acids is 1. The maximum atomic E-state index is 13.8. The van der Waals surface area contributed by atoms with E-state index < -0.39 is 11.1 Å². The number of anilines is 1. The van der Waals surface area contributed by atoms with Crippen LogP contribution in [0.4, 0.5) is 10.1 Å². The van der Waals surface area contributed by atoms with Gasteiger partial charge in [-0.05, 0) is 43.2 Å². The molecule has 3 aromatic rings. The summed E-state index contributed by atoms with van der Waals surface area (Å²) in [5.41, 5.74) is 0.858. The lowest BCUT2D eigenvalue weighted by Gasteiger charge is -2.16. The minimum absolute atomic E-state index is 0.146. The zero-order chi connectivity index (χ0) is 21.8. The Labute approximate surface area is 189 Å². The van der Waals surface area contributed by atoms with Gasteiger partial charge < -0.3 is 9.88 Å². The zero-order valence-corrected chi connectivity index (χ0v) is 19.0. The summed E-state index contributed by atoms with van der Waals surface area (Å²) in [6.45, 7) is 6.54. The van der Waals surface area contributed by atoms with Crippen molar-refractivity contribution < 1.29 is 9.18 Å². The van der Waals surface area contributed by atoms with Crippen molar-refractivity contribution in [2.75, 3.05) is 5.32 Å². The van der Waals surface area contributed by atoms with Crippen molar-refractivity contribution in [1.82, 2.24) is 14.8 Å². The van der Waals surface area contributed by atoms with Crippen LogP contribution in [0.5, 0.6) is 0 Å². The molecule has 1 amide bonds. The molecule has 0 saturated heterocycles. The number of hydrogen-bond donors (Lipinski definition) is 1. The van der Waals surface area contributed by atoms with Crippen LogP contribution in [-0.2, 0) is 11.3 Å². The molecule has 0 saturated carbocycles. The highest BCUT2D eigenvalue weighted by molar-refractivity contribution is 8.00. The normalized spacial score (nSPS) is 12.2. The highest BCUT2D eigenvalue weighted by Crippen LogP contribution is 2.33. The van der Waals surface area contributed by atoms with Crippen LogP contribution in [-0.4, -0.2) is 25.9 Å². The van der Waals surface area contributed by atoms with Crippen molar-refractivity contribution >= 4 is 46.6 Å². The van der Waals surface area contributed by atoms with Crippen LogP contribution in [0.15, 0.2) is 47.6 Å². The standard InChI is InChI=1S/C21H21Cl2FN4OS/c1-12(2)11-28-19(15-9-8-14(22)10-16(15)23)26-27-21(28)30-13(3)20(29)25-18-7-5-4-6-17(18)24/h4-10,12-13H,11H2,1-3H3,(H,25,29). The molecular formula is C21H21Cl2FN4OS. The molecule has 0 bridgehead atoms. The molecule has 0 aliphatic carbocycles. The highest BCUT2D eigenvalue weighted by Gasteiger charge is 2.23. The fraction of sp³-hybridized carbons (Fsp3) is 0.286. The molecule has 158 valence electrons. The van der Waals surface area contributed by atoms with Gasteiger partial charge in [0.05, 0.1) is 16.0 Å². The number of rotatable bonds is 7. The zero-order valence-electron chi connectivity index (χ0n) is 16.7. The second kappa shape index (κ2) is 9.81. The first-order chi connectivity index (χ1) is 14.3. The van der Waals surface area contributed by atoms with Crippen LogP contribution in [0.1, 0.15) is 20.8 Å². The predicted octanol–water partition coefficient (Wildman–Crippen LogP) is 6.17. The smallest absolute Gasteiger partial charge is 0.237 e. The molecule has 1 N–H and O–H groups in total. The molecule has 0 radical (unpaired) electrons. The Kier molecular flexibility index (Phi) is 7.39. The summed E-state index contributed by atoms with van der Waals surface area (Å²) in [6.07, 6.45) is 0. The topological polar surface area (TPSA) is 59.8 Å². The van der Waals surface area contributed by atoms with Crippen molar-refractivity contribution in [3.63, 3.8) is 0 Å². The van der Waals surface area contributed by atoms with Gasteiger partial charge in [0.2, 0.25) is 5.91 Å². The van der Waals surface area contributed by atoms with Crippen molar-refractivity contribution in [2.45, 2.75) is 37.7 Å². The Bertz CT molecular complexity index is 1060. The first-order valence-electron chi connectivity index (χ1n) is 9.37. The molecule has 0 aliphatic rings. The average Bonchev–Trinajstić information content (AvgIpc) is 3.05. The summed E-state index contributed by atoms with van der Waals surface area (Å²) in [5, 5.41) is 12.3. The number of nitrogens with zero attached hydrogens (tertiary/aromatic N) is 3. The van der Waals surface area contributed by atoms with E-state index in [-0.39, 0.29) is 11.6 Å². The first-order valence-corrected chi connectivity index (χ1v) is 11.0. The van der Waals surface area contributed by atoms with Gasteiger partial charge in [0, 0.05) is 17.1 Å².